The van der Waals surface area contributed by atoms with Gasteiger partial charge >= 0.3 is 0 Å². The van der Waals surface area contributed by atoms with E-state index in [4.69, 9.17) is 9.16 Å². The molecular weight excluding hydrogens is 304 g/mol. The van der Waals surface area contributed by atoms with E-state index in [-0.39, 0.29) is 22.5 Å². The third-order valence-electron chi connectivity index (χ3n) is 6.79. The second-order valence-electron chi connectivity index (χ2n) is 9.47. The second-order valence-corrected chi connectivity index (χ2v) is 14.3. The molecule has 23 heavy (non-hydrogen) atoms. The predicted molar refractivity (Wildman–Crippen MR) is 95.0 cm³/mol. The van der Waals surface area contributed by atoms with Gasteiger partial charge in [-0.25, -0.2) is 0 Å². The number of hydrogen-bond acceptors (Lipinski definition) is 3. The van der Waals surface area contributed by atoms with Gasteiger partial charge in [0.05, 0.1) is 11.7 Å². The zero-order valence-electron chi connectivity index (χ0n) is 15.6. The molecule has 3 rings (SSSR count). The minimum Gasteiger partial charge on any atom is -0.416 e. The quantitative estimate of drug-likeness (QED) is 0.713. The van der Waals surface area contributed by atoms with Crippen LogP contribution >= 0.6 is 0 Å². The molecule has 2 bridgehead atoms. The molecular formula is C19H32O3Si. The molecule has 0 saturated carbocycles. The third kappa shape index (κ3) is 3.10. The van der Waals surface area contributed by atoms with Gasteiger partial charge in [-0.3, -0.25) is 4.79 Å². The fraction of sp³-hybridized carbons (Fsp3) is 0.842. The summed E-state index contributed by atoms with van der Waals surface area (Å²) in [5.41, 5.74) is 1.20. The van der Waals surface area contributed by atoms with Crippen molar-refractivity contribution >= 4 is 14.1 Å². The van der Waals surface area contributed by atoms with Crippen LogP contribution < -0.4 is 0 Å². The highest BCUT2D eigenvalue weighted by molar-refractivity contribution is 6.74. The molecule has 0 amide bonds. The first-order valence-corrected chi connectivity index (χ1v) is 12.0. The molecule has 0 aromatic carbocycles. The van der Waals surface area contributed by atoms with Gasteiger partial charge < -0.3 is 9.16 Å². The van der Waals surface area contributed by atoms with Crippen molar-refractivity contribution < 1.29 is 14.0 Å². The van der Waals surface area contributed by atoms with E-state index in [1.807, 2.05) is 6.08 Å². The minimum atomic E-state index is -1.72. The lowest BCUT2D eigenvalue weighted by Gasteiger charge is -2.42. The molecule has 2 aliphatic heterocycles. The molecule has 2 heterocycles. The summed E-state index contributed by atoms with van der Waals surface area (Å²) in [5.74, 6) is 1.28. The van der Waals surface area contributed by atoms with Gasteiger partial charge in [0.1, 0.15) is 0 Å². The average Bonchev–Trinajstić information content (AvgIpc) is 2.69. The lowest BCUT2D eigenvalue weighted by molar-refractivity contribution is -0.117. The van der Waals surface area contributed by atoms with Crippen LogP contribution in [-0.4, -0.2) is 32.4 Å². The molecule has 0 unspecified atom stereocenters. The maximum Gasteiger partial charge on any atom is 0.191 e. The van der Waals surface area contributed by atoms with Crippen molar-refractivity contribution in [2.45, 2.75) is 83.2 Å². The molecule has 4 atom stereocenters. The molecule has 0 radical (unpaired) electrons. The molecule has 0 spiro atoms. The van der Waals surface area contributed by atoms with Crippen LogP contribution in [0.1, 0.15) is 53.4 Å². The standard InChI is InChI=1S/C19H32O3Si/c1-18(2,3)23(5,6)21-12-14-9-17-16-10-15(20)8-7-13(16)11-19(14,4)22-17/h10,13-14,17H,7-9,11-12H2,1-6H3/t13-,14-,17+,19+/m1/s1. The molecule has 130 valence electrons. The topological polar surface area (TPSA) is 35.5 Å². The Morgan fingerprint density at radius 1 is 1.39 bits per heavy atom. The monoisotopic (exact) mass is 336 g/mol. The van der Waals surface area contributed by atoms with Crippen LogP contribution in [0.25, 0.3) is 0 Å². The van der Waals surface area contributed by atoms with Crippen molar-refractivity contribution in [1.29, 1.82) is 0 Å². The fourth-order valence-electron chi connectivity index (χ4n) is 4.09. The second kappa shape index (κ2) is 5.53. The fourth-order valence-corrected chi connectivity index (χ4v) is 5.14. The van der Waals surface area contributed by atoms with Crippen molar-refractivity contribution in [2.75, 3.05) is 6.61 Å². The number of hydrogen-bond donors (Lipinski definition) is 0. The van der Waals surface area contributed by atoms with E-state index < -0.39 is 8.32 Å². The van der Waals surface area contributed by atoms with Crippen molar-refractivity contribution in [2.24, 2.45) is 11.8 Å². The first-order chi connectivity index (χ1) is 10.5. The summed E-state index contributed by atoms with van der Waals surface area (Å²) in [6.07, 6.45) is 5.82. The number of rotatable bonds is 3. The van der Waals surface area contributed by atoms with Gasteiger partial charge in [0.25, 0.3) is 0 Å². The number of ether oxygens (including phenoxy) is 1. The van der Waals surface area contributed by atoms with Gasteiger partial charge in [0.2, 0.25) is 0 Å². The van der Waals surface area contributed by atoms with Gasteiger partial charge in [-0.05, 0) is 61.9 Å². The summed E-state index contributed by atoms with van der Waals surface area (Å²) in [6.45, 7) is 14.6. The molecule has 3 aliphatic rings. The predicted octanol–water partition coefficient (Wildman–Crippen LogP) is 4.48. The number of carbonyl (C=O) groups excluding carboxylic acids is 1. The summed E-state index contributed by atoms with van der Waals surface area (Å²) in [4.78, 5) is 11.8. The SMILES string of the molecule is CC(C)(C)[Si](C)(C)OC[C@H]1C[C@@H]2O[C@@]1(C)C[C@H]1CCC(=O)C=C12. The normalized spacial score (nSPS) is 37.6. The smallest absolute Gasteiger partial charge is 0.191 e. The molecule has 2 fully saturated rings. The summed E-state index contributed by atoms with van der Waals surface area (Å²) >= 11 is 0. The number of ketones is 1. The van der Waals surface area contributed by atoms with Crippen LogP contribution in [0.5, 0.6) is 0 Å². The van der Waals surface area contributed by atoms with Gasteiger partial charge in [-0.1, -0.05) is 20.8 Å². The van der Waals surface area contributed by atoms with Crippen LogP contribution in [0, 0.1) is 11.8 Å². The summed E-state index contributed by atoms with van der Waals surface area (Å²) in [7, 11) is -1.72. The first-order valence-electron chi connectivity index (χ1n) is 9.08. The largest absolute Gasteiger partial charge is 0.416 e. The Labute approximate surface area is 141 Å². The van der Waals surface area contributed by atoms with E-state index in [1.54, 1.807) is 0 Å². The van der Waals surface area contributed by atoms with Crippen LogP contribution in [0.3, 0.4) is 0 Å². The van der Waals surface area contributed by atoms with Crippen LogP contribution in [0.2, 0.25) is 18.1 Å². The lowest BCUT2D eigenvalue weighted by Crippen LogP contribution is -2.45. The first kappa shape index (κ1) is 17.4. The van der Waals surface area contributed by atoms with Crippen LogP contribution in [0.4, 0.5) is 0 Å². The summed E-state index contributed by atoms with van der Waals surface area (Å²) in [6, 6.07) is 0. The van der Waals surface area contributed by atoms with Gasteiger partial charge in [-0.15, -0.1) is 0 Å². The Kier molecular flexibility index (Phi) is 4.18. The molecule has 0 aromatic rings. The summed E-state index contributed by atoms with van der Waals surface area (Å²) < 4.78 is 12.9. The maximum absolute atomic E-state index is 11.8. The zero-order valence-corrected chi connectivity index (χ0v) is 16.6. The van der Waals surface area contributed by atoms with E-state index in [9.17, 15) is 4.79 Å². The van der Waals surface area contributed by atoms with E-state index in [0.717, 1.165) is 25.9 Å². The number of allylic oxidation sites excluding steroid dienone is 1. The number of fused-ring (bicyclic) bond motifs is 4. The Morgan fingerprint density at radius 2 is 2.09 bits per heavy atom. The van der Waals surface area contributed by atoms with E-state index in [1.165, 1.54) is 5.57 Å². The Bertz CT molecular complexity index is 531. The minimum absolute atomic E-state index is 0.0740. The lowest BCUT2D eigenvalue weighted by atomic mass is 9.77. The van der Waals surface area contributed by atoms with Gasteiger partial charge in [0, 0.05) is 18.9 Å². The maximum atomic E-state index is 11.8. The van der Waals surface area contributed by atoms with Crippen molar-refractivity contribution in [1.82, 2.24) is 0 Å². The average molecular weight is 337 g/mol. The van der Waals surface area contributed by atoms with E-state index in [0.29, 0.717) is 18.3 Å². The Balaban J connectivity index is 1.72. The summed E-state index contributed by atoms with van der Waals surface area (Å²) in [5, 5.41) is 0.241. The molecule has 4 heteroatoms. The van der Waals surface area contributed by atoms with Crippen molar-refractivity contribution in [3.63, 3.8) is 0 Å². The molecule has 0 aromatic heterocycles. The van der Waals surface area contributed by atoms with Crippen molar-refractivity contribution in [3.05, 3.63) is 11.6 Å². The highest BCUT2D eigenvalue weighted by Gasteiger charge is 2.53. The highest BCUT2D eigenvalue weighted by atomic mass is 28.4. The molecule has 1 aliphatic carbocycles. The highest BCUT2D eigenvalue weighted by Crippen LogP contribution is 2.52. The van der Waals surface area contributed by atoms with E-state index in [2.05, 4.69) is 40.8 Å². The molecule has 3 nitrogen and oxygen atoms in total. The van der Waals surface area contributed by atoms with Gasteiger partial charge in [-0.2, -0.15) is 0 Å². The Morgan fingerprint density at radius 3 is 2.74 bits per heavy atom. The van der Waals surface area contributed by atoms with Crippen LogP contribution in [-0.2, 0) is 14.0 Å². The molecule has 2 saturated heterocycles. The van der Waals surface area contributed by atoms with E-state index >= 15 is 0 Å². The third-order valence-corrected chi connectivity index (χ3v) is 11.3. The van der Waals surface area contributed by atoms with Gasteiger partial charge in [0.15, 0.2) is 14.1 Å². The number of carbonyl (C=O) groups is 1. The Hall–Kier alpha value is -0.453. The zero-order chi connectivity index (χ0) is 17.0. The van der Waals surface area contributed by atoms with Crippen molar-refractivity contribution in [3.8, 4) is 0 Å². The molecule has 0 N–H and O–H groups in total. The van der Waals surface area contributed by atoms with Crippen LogP contribution in [0.15, 0.2) is 11.6 Å².